The Morgan fingerprint density at radius 3 is 2.48 bits per heavy atom. The first-order valence-electron chi connectivity index (χ1n) is 8.71. The molecule has 2 rings (SSSR count). The highest BCUT2D eigenvalue weighted by molar-refractivity contribution is 6.30. The molecule has 1 heterocycles. The lowest BCUT2D eigenvalue weighted by Gasteiger charge is -2.37. The van der Waals surface area contributed by atoms with Gasteiger partial charge in [0.25, 0.3) is 0 Å². The van der Waals surface area contributed by atoms with Crippen LogP contribution >= 0.6 is 11.6 Å². The number of hydrogen-bond acceptors (Lipinski definition) is 4. The third kappa shape index (κ3) is 6.65. The van der Waals surface area contributed by atoms with Crippen molar-refractivity contribution < 1.29 is 14.7 Å². The number of hydrogen-bond donors (Lipinski definition) is 2. The Labute approximate surface area is 153 Å². The Balaban J connectivity index is 1.70. The summed E-state index contributed by atoms with van der Waals surface area (Å²) in [5.74, 6) is -0.784. The quantitative estimate of drug-likeness (QED) is 0.738. The summed E-state index contributed by atoms with van der Waals surface area (Å²) < 4.78 is 0. The van der Waals surface area contributed by atoms with Crippen LogP contribution in [0.1, 0.15) is 26.2 Å². The molecule has 1 aliphatic heterocycles. The van der Waals surface area contributed by atoms with Gasteiger partial charge in [0.05, 0.1) is 6.54 Å². The van der Waals surface area contributed by atoms with Gasteiger partial charge in [-0.2, -0.15) is 0 Å². The predicted molar refractivity (Wildman–Crippen MR) is 99.0 cm³/mol. The molecule has 1 fully saturated rings. The van der Waals surface area contributed by atoms with E-state index in [-0.39, 0.29) is 12.5 Å². The molecule has 1 aromatic rings. The van der Waals surface area contributed by atoms with Crippen molar-refractivity contribution in [1.29, 1.82) is 0 Å². The number of nitrogens with zero attached hydrogens (tertiary/aromatic N) is 2. The molecule has 0 unspecified atom stereocenters. The van der Waals surface area contributed by atoms with E-state index in [1.54, 1.807) is 24.3 Å². The van der Waals surface area contributed by atoms with Crippen LogP contribution in [0, 0.1) is 0 Å². The second kappa shape index (κ2) is 9.75. The number of benzene rings is 1. The number of amides is 1. The number of anilines is 1. The molecule has 1 aromatic carbocycles. The van der Waals surface area contributed by atoms with Gasteiger partial charge in [0, 0.05) is 29.7 Å². The number of likely N-dealkylation sites (tertiary alicyclic amines) is 1. The molecule has 25 heavy (non-hydrogen) atoms. The van der Waals surface area contributed by atoms with Crippen molar-refractivity contribution in [3.05, 3.63) is 29.3 Å². The Bertz CT molecular complexity index is 571. The van der Waals surface area contributed by atoms with Crippen LogP contribution in [0.4, 0.5) is 5.69 Å². The lowest BCUT2D eigenvalue weighted by atomic mass is 10.0. The van der Waals surface area contributed by atoms with E-state index in [2.05, 4.69) is 10.2 Å². The number of rotatable bonds is 8. The lowest BCUT2D eigenvalue weighted by molar-refractivity contribution is -0.139. The topological polar surface area (TPSA) is 72.9 Å². The molecule has 1 saturated heterocycles. The van der Waals surface area contributed by atoms with Gasteiger partial charge in [-0.1, -0.05) is 18.5 Å². The second-order valence-electron chi connectivity index (χ2n) is 6.33. The monoisotopic (exact) mass is 367 g/mol. The van der Waals surface area contributed by atoms with E-state index in [0.717, 1.165) is 44.7 Å². The van der Waals surface area contributed by atoms with Crippen LogP contribution in [-0.2, 0) is 9.59 Å². The molecule has 0 atom stereocenters. The van der Waals surface area contributed by atoms with E-state index in [1.165, 1.54) is 0 Å². The zero-order valence-corrected chi connectivity index (χ0v) is 15.3. The molecular formula is C18H26ClN3O3. The Hall–Kier alpha value is -1.63. The number of carboxylic acids is 1. The highest BCUT2D eigenvalue weighted by Crippen LogP contribution is 2.17. The number of carboxylic acid groups (broad SMARTS) is 1. The summed E-state index contributed by atoms with van der Waals surface area (Å²) in [6, 6.07) is 7.39. The van der Waals surface area contributed by atoms with Crippen molar-refractivity contribution in [2.24, 2.45) is 0 Å². The molecule has 0 spiro atoms. The summed E-state index contributed by atoms with van der Waals surface area (Å²) in [4.78, 5) is 27.2. The van der Waals surface area contributed by atoms with Crippen molar-refractivity contribution in [3.63, 3.8) is 0 Å². The molecule has 6 nitrogen and oxygen atoms in total. The molecule has 138 valence electrons. The van der Waals surface area contributed by atoms with Crippen LogP contribution in [0.2, 0.25) is 5.02 Å². The number of aliphatic carboxylic acids is 1. The smallest absolute Gasteiger partial charge is 0.317 e. The van der Waals surface area contributed by atoms with E-state index in [1.807, 2.05) is 11.8 Å². The highest BCUT2D eigenvalue weighted by Gasteiger charge is 2.25. The lowest BCUT2D eigenvalue weighted by Crippen LogP contribution is -2.47. The van der Waals surface area contributed by atoms with Crippen molar-refractivity contribution in [2.75, 3.05) is 38.0 Å². The average Bonchev–Trinajstić information content (AvgIpc) is 2.60. The van der Waals surface area contributed by atoms with Crippen LogP contribution in [0.25, 0.3) is 0 Å². The van der Waals surface area contributed by atoms with E-state index in [9.17, 15) is 9.59 Å². The molecule has 1 amide bonds. The van der Waals surface area contributed by atoms with Crippen LogP contribution in [0.15, 0.2) is 24.3 Å². The summed E-state index contributed by atoms with van der Waals surface area (Å²) in [5.41, 5.74) is 0.750. The van der Waals surface area contributed by atoms with Crippen LogP contribution in [0.5, 0.6) is 0 Å². The van der Waals surface area contributed by atoms with Gasteiger partial charge in [-0.05, 0) is 56.7 Å². The molecule has 0 aromatic heterocycles. The minimum absolute atomic E-state index is 0.00879. The Morgan fingerprint density at radius 2 is 1.92 bits per heavy atom. The number of nitrogens with one attached hydrogen (secondary N) is 1. The second-order valence-corrected chi connectivity index (χ2v) is 6.77. The SMILES string of the molecule is CCN(CC(=O)O)C1CCN(CCC(=O)Nc2ccc(Cl)cc2)CC1. The largest absolute Gasteiger partial charge is 0.480 e. The minimum Gasteiger partial charge on any atom is -0.480 e. The van der Waals surface area contributed by atoms with Gasteiger partial charge in [-0.15, -0.1) is 0 Å². The number of halogens is 1. The van der Waals surface area contributed by atoms with Gasteiger partial charge in [0.15, 0.2) is 0 Å². The Kier molecular flexibility index (Phi) is 7.68. The van der Waals surface area contributed by atoms with E-state index < -0.39 is 5.97 Å². The average molecular weight is 368 g/mol. The molecule has 0 radical (unpaired) electrons. The van der Waals surface area contributed by atoms with Gasteiger partial charge in [0.2, 0.25) is 5.91 Å². The number of carbonyl (C=O) groups is 2. The van der Waals surface area contributed by atoms with Gasteiger partial charge in [0.1, 0.15) is 0 Å². The maximum atomic E-state index is 12.0. The normalized spacial score (nSPS) is 16.1. The van der Waals surface area contributed by atoms with E-state index >= 15 is 0 Å². The molecule has 2 N–H and O–H groups in total. The zero-order valence-electron chi connectivity index (χ0n) is 14.6. The molecule has 1 aliphatic rings. The van der Waals surface area contributed by atoms with Gasteiger partial charge in [-0.3, -0.25) is 14.5 Å². The highest BCUT2D eigenvalue weighted by atomic mass is 35.5. The zero-order chi connectivity index (χ0) is 18.2. The fourth-order valence-electron chi connectivity index (χ4n) is 3.20. The predicted octanol–water partition coefficient (Wildman–Crippen LogP) is 2.54. The third-order valence-electron chi connectivity index (χ3n) is 4.60. The molecule has 0 saturated carbocycles. The van der Waals surface area contributed by atoms with E-state index in [0.29, 0.717) is 17.5 Å². The first-order valence-corrected chi connectivity index (χ1v) is 9.09. The molecule has 0 bridgehead atoms. The van der Waals surface area contributed by atoms with Crippen molar-refractivity contribution >= 4 is 29.2 Å². The fourth-order valence-corrected chi connectivity index (χ4v) is 3.32. The first kappa shape index (κ1) is 19.7. The molecule has 7 heteroatoms. The number of carbonyl (C=O) groups excluding carboxylic acids is 1. The summed E-state index contributed by atoms with van der Waals surface area (Å²) in [7, 11) is 0. The van der Waals surface area contributed by atoms with Gasteiger partial charge < -0.3 is 15.3 Å². The molecular weight excluding hydrogens is 342 g/mol. The number of piperidine rings is 1. The fraction of sp³-hybridized carbons (Fsp3) is 0.556. The van der Waals surface area contributed by atoms with Gasteiger partial charge in [-0.25, -0.2) is 0 Å². The van der Waals surface area contributed by atoms with Crippen molar-refractivity contribution in [1.82, 2.24) is 9.80 Å². The summed E-state index contributed by atoms with van der Waals surface area (Å²) >= 11 is 5.83. The van der Waals surface area contributed by atoms with Gasteiger partial charge >= 0.3 is 5.97 Å². The van der Waals surface area contributed by atoms with Crippen LogP contribution < -0.4 is 5.32 Å². The summed E-state index contributed by atoms with van der Waals surface area (Å²) in [6.07, 6.45) is 2.33. The first-order chi connectivity index (χ1) is 12.0. The standard InChI is InChI=1S/C18H26ClN3O3/c1-2-22(13-18(24)25)16-7-10-21(11-8-16)12-9-17(23)20-15-5-3-14(19)4-6-15/h3-6,16H,2,7-13H2,1H3,(H,20,23)(H,24,25). The van der Waals surface area contributed by atoms with Crippen LogP contribution in [0.3, 0.4) is 0 Å². The summed E-state index contributed by atoms with van der Waals surface area (Å²) in [5, 5.41) is 12.5. The Morgan fingerprint density at radius 1 is 1.28 bits per heavy atom. The third-order valence-corrected chi connectivity index (χ3v) is 4.85. The van der Waals surface area contributed by atoms with E-state index in [4.69, 9.17) is 16.7 Å². The number of likely N-dealkylation sites (N-methyl/N-ethyl adjacent to an activating group) is 1. The minimum atomic E-state index is -0.775. The van der Waals surface area contributed by atoms with Crippen molar-refractivity contribution in [3.8, 4) is 0 Å². The van der Waals surface area contributed by atoms with Crippen LogP contribution in [-0.4, -0.2) is 65.5 Å². The maximum Gasteiger partial charge on any atom is 0.317 e. The van der Waals surface area contributed by atoms with Crippen molar-refractivity contribution in [2.45, 2.75) is 32.2 Å². The summed E-state index contributed by atoms with van der Waals surface area (Å²) in [6.45, 7) is 5.36. The maximum absolute atomic E-state index is 12.0. The molecule has 0 aliphatic carbocycles.